The summed E-state index contributed by atoms with van der Waals surface area (Å²) in [5, 5.41) is 0. The number of ether oxygens (including phenoxy) is 1. The van der Waals surface area contributed by atoms with Gasteiger partial charge in [0.1, 0.15) is 5.76 Å². The summed E-state index contributed by atoms with van der Waals surface area (Å²) in [6.45, 7) is 6.98. The zero-order valence-corrected chi connectivity index (χ0v) is 15.4. The van der Waals surface area contributed by atoms with Crippen molar-refractivity contribution in [2.75, 3.05) is 7.11 Å². The normalized spacial score (nSPS) is 44.2. The highest BCUT2D eigenvalue weighted by atomic mass is 16.5. The van der Waals surface area contributed by atoms with E-state index in [9.17, 15) is 4.79 Å². The van der Waals surface area contributed by atoms with Gasteiger partial charge in [-0.25, -0.2) is 0 Å². The molecule has 1 aromatic heterocycles. The highest BCUT2D eigenvalue weighted by Crippen LogP contribution is 2.65. The maximum Gasteiger partial charge on any atom is 0.311 e. The summed E-state index contributed by atoms with van der Waals surface area (Å²) in [7, 11) is 1.54. The quantitative estimate of drug-likeness (QED) is 0.684. The maximum absolute atomic E-state index is 12.6. The maximum atomic E-state index is 12.6. The Morgan fingerprint density at radius 2 is 2.08 bits per heavy atom. The minimum absolute atomic E-state index is 0.000537. The van der Waals surface area contributed by atoms with E-state index in [1.165, 1.54) is 24.2 Å². The summed E-state index contributed by atoms with van der Waals surface area (Å²) in [6.07, 6.45) is 8.61. The van der Waals surface area contributed by atoms with Crippen LogP contribution in [0, 0.1) is 28.6 Å². The lowest BCUT2D eigenvalue weighted by atomic mass is 9.43. The van der Waals surface area contributed by atoms with Crippen LogP contribution in [0.4, 0.5) is 0 Å². The van der Waals surface area contributed by atoms with Crippen LogP contribution in [-0.2, 0) is 16.0 Å². The molecule has 0 N–H and O–H groups in total. The molecule has 0 spiro atoms. The molecule has 0 aliphatic heterocycles. The van der Waals surface area contributed by atoms with Gasteiger partial charge in [0.25, 0.3) is 0 Å². The number of methoxy groups -OCH3 is 1. The second-order valence-electron chi connectivity index (χ2n) is 8.96. The summed E-state index contributed by atoms with van der Waals surface area (Å²) < 4.78 is 11.1. The molecule has 2 saturated carbocycles. The van der Waals surface area contributed by atoms with Gasteiger partial charge in [-0.1, -0.05) is 20.3 Å². The van der Waals surface area contributed by atoms with Gasteiger partial charge < -0.3 is 9.15 Å². The lowest BCUT2D eigenvalue weighted by molar-refractivity contribution is -0.174. The Bertz CT molecular complexity index is 647. The van der Waals surface area contributed by atoms with Crippen molar-refractivity contribution in [1.29, 1.82) is 0 Å². The summed E-state index contributed by atoms with van der Waals surface area (Å²) in [5.74, 6) is 3.53. The van der Waals surface area contributed by atoms with Crippen LogP contribution in [0.15, 0.2) is 16.7 Å². The van der Waals surface area contributed by atoms with Crippen LogP contribution in [0.5, 0.6) is 0 Å². The van der Waals surface area contributed by atoms with Crippen LogP contribution in [0.1, 0.15) is 70.1 Å². The molecule has 0 radical (unpaired) electrons. The van der Waals surface area contributed by atoms with Gasteiger partial charge in [-0.2, -0.15) is 0 Å². The van der Waals surface area contributed by atoms with Gasteiger partial charge >= 0.3 is 5.97 Å². The third-order valence-electron chi connectivity index (χ3n) is 8.10. The first-order valence-electron chi connectivity index (χ1n) is 9.56. The van der Waals surface area contributed by atoms with Gasteiger partial charge in [0.15, 0.2) is 0 Å². The lowest BCUT2D eigenvalue weighted by Crippen LogP contribution is -2.56. The molecule has 0 amide bonds. The van der Waals surface area contributed by atoms with E-state index in [0.29, 0.717) is 17.8 Å². The molecule has 0 bridgehead atoms. The van der Waals surface area contributed by atoms with Crippen molar-refractivity contribution in [3.63, 3.8) is 0 Å². The van der Waals surface area contributed by atoms with E-state index >= 15 is 0 Å². The SMILES string of the molecule is COC(=O)C1(C)CCCC2(C)C3Cc4occc4C(C)C3CCC12. The molecule has 4 rings (SSSR count). The smallest absolute Gasteiger partial charge is 0.311 e. The van der Waals surface area contributed by atoms with Crippen molar-refractivity contribution in [3.05, 3.63) is 23.7 Å². The first kappa shape index (κ1) is 16.2. The molecule has 0 aromatic carbocycles. The van der Waals surface area contributed by atoms with Gasteiger partial charge in [0.2, 0.25) is 0 Å². The van der Waals surface area contributed by atoms with Crippen molar-refractivity contribution in [3.8, 4) is 0 Å². The summed E-state index contributed by atoms with van der Waals surface area (Å²) in [6, 6.07) is 2.17. The molecule has 6 atom stereocenters. The minimum Gasteiger partial charge on any atom is -0.469 e. The lowest BCUT2D eigenvalue weighted by Gasteiger charge is -2.60. The van der Waals surface area contributed by atoms with Crippen LogP contribution >= 0.6 is 0 Å². The van der Waals surface area contributed by atoms with Crippen LogP contribution in [0.3, 0.4) is 0 Å². The molecule has 3 aliphatic rings. The monoisotopic (exact) mass is 330 g/mol. The van der Waals surface area contributed by atoms with Crippen molar-refractivity contribution in [1.82, 2.24) is 0 Å². The van der Waals surface area contributed by atoms with Crippen molar-refractivity contribution in [2.45, 2.75) is 65.2 Å². The average molecular weight is 330 g/mol. The molecule has 3 heteroatoms. The van der Waals surface area contributed by atoms with Gasteiger partial charge in [-0.05, 0) is 73.3 Å². The van der Waals surface area contributed by atoms with Crippen LogP contribution < -0.4 is 0 Å². The number of hydrogen-bond donors (Lipinski definition) is 0. The third-order valence-corrected chi connectivity index (χ3v) is 8.10. The Labute approximate surface area is 145 Å². The minimum atomic E-state index is -0.320. The fourth-order valence-corrected chi connectivity index (χ4v) is 6.87. The van der Waals surface area contributed by atoms with E-state index < -0.39 is 0 Å². The number of carbonyl (C=O) groups excluding carboxylic acids is 1. The number of carbonyl (C=O) groups is 1. The van der Waals surface area contributed by atoms with Gasteiger partial charge in [-0.15, -0.1) is 0 Å². The predicted octanol–water partition coefficient (Wildman–Crippen LogP) is 4.95. The van der Waals surface area contributed by atoms with E-state index in [2.05, 4.69) is 26.8 Å². The molecular weight excluding hydrogens is 300 g/mol. The predicted molar refractivity (Wildman–Crippen MR) is 92.6 cm³/mol. The molecule has 3 nitrogen and oxygen atoms in total. The van der Waals surface area contributed by atoms with Crippen LogP contribution in [0.25, 0.3) is 0 Å². The number of furan rings is 1. The highest BCUT2D eigenvalue weighted by molar-refractivity contribution is 5.77. The van der Waals surface area contributed by atoms with Crippen molar-refractivity contribution >= 4 is 5.97 Å². The first-order valence-corrected chi connectivity index (χ1v) is 9.56. The van der Waals surface area contributed by atoms with Gasteiger partial charge in [0.05, 0.1) is 18.8 Å². The Balaban J connectivity index is 1.74. The molecule has 1 heterocycles. The van der Waals surface area contributed by atoms with E-state index in [1.54, 1.807) is 7.11 Å². The summed E-state index contributed by atoms with van der Waals surface area (Å²) >= 11 is 0. The molecule has 24 heavy (non-hydrogen) atoms. The zero-order chi connectivity index (χ0) is 17.1. The van der Waals surface area contributed by atoms with Gasteiger partial charge in [-0.3, -0.25) is 4.79 Å². The van der Waals surface area contributed by atoms with Crippen molar-refractivity contribution < 1.29 is 13.9 Å². The second-order valence-corrected chi connectivity index (χ2v) is 8.96. The molecule has 1 aromatic rings. The molecule has 3 aliphatic carbocycles. The number of hydrogen-bond acceptors (Lipinski definition) is 3. The van der Waals surface area contributed by atoms with E-state index in [-0.39, 0.29) is 16.8 Å². The largest absolute Gasteiger partial charge is 0.469 e. The molecule has 2 fully saturated rings. The second kappa shape index (κ2) is 5.37. The van der Waals surface area contributed by atoms with E-state index in [0.717, 1.165) is 31.6 Å². The first-order chi connectivity index (χ1) is 11.4. The standard InChI is InChI=1S/C21H30O3/c1-13-14-6-7-18-20(2,9-5-10-21(18,3)19(22)23-4)16(14)12-17-15(13)8-11-24-17/h8,11,13-14,16,18H,5-7,9-10,12H2,1-4H3. The van der Waals surface area contributed by atoms with Gasteiger partial charge in [0, 0.05) is 6.42 Å². The number of esters is 1. The Kier molecular flexibility index (Phi) is 3.63. The van der Waals surface area contributed by atoms with E-state index in [1.807, 2.05) is 6.26 Å². The highest BCUT2D eigenvalue weighted by Gasteiger charge is 2.60. The Hall–Kier alpha value is -1.25. The average Bonchev–Trinajstić information content (AvgIpc) is 3.03. The number of rotatable bonds is 1. The molecule has 6 unspecified atom stereocenters. The number of fused-ring (bicyclic) bond motifs is 4. The van der Waals surface area contributed by atoms with Crippen LogP contribution in [0.2, 0.25) is 0 Å². The fraction of sp³-hybridized carbons (Fsp3) is 0.762. The molecule has 0 saturated heterocycles. The fourth-order valence-electron chi connectivity index (χ4n) is 6.87. The third kappa shape index (κ3) is 1.99. The zero-order valence-electron chi connectivity index (χ0n) is 15.4. The Morgan fingerprint density at radius 3 is 2.83 bits per heavy atom. The molecule has 132 valence electrons. The van der Waals surface area contributed by atoms with E-state index in [4.69, 9.17) is 9.15 Å². The summed E-state index contributed by atoms with van der Waals surface area (Å²) in [4.78, 5) is 12.6. The van der Waals surface area contributed by atoms with Crippen molar-refractivity contribution in [2.24, 2.45) is 28.6 Å². The van der Waals surface area contributed by atoms with Crippen LogP contribution in [-0.4, -0.2) is 13.1 Å². The Morgan fingerprint density at radius 1 is 1.29 bits per heavy atom. The topological polar surface area (TPSA) is 39.4 Å². The molecular formula is C21H30O3. The summed E-state index contributed by atoms with van der Waals surface area (Å²) in [5.41, 5.74) is 1.31.